The van der Waals surface area contributed by atoms with Crippen molar-refractivity contribution in [3.05, 3.63) is 22.6 Å². The van der Waals surface area contributed by atoms with E-state index < -0.39 is 0 Å². The van der Waals surface area contributed by atoms with Crippen LogP contribution in [0.1, 0.15) is 16.0 Å². The van der Waals surface area contributed by atoms with Crippen LogP contribution in [0.5, 0.6) is 0 Å². The second kappa shape index (κ2) is 4.45. The van der Waals surface area contributed by atoms with Gasteiger partial charge in [-0.1, -0.05) is 6.58 Å². The number of nitrogens with one attached hydrogen (secondary N) is 1. The van der Waals surface area contributed by atoms with Crippen LogP contribution in [0.25, 0.3) is 5.76 Å². The number of nitrogens with two attached hydrogens (primary N) is 1. The van der Waals surface area contributed by atoms with Crippen LogP contribution in [0.3, 0.4) is 0 Å². The Morgan fingerprint density at radius 1 is 1.75 bits per heavy atom. The number of fused-ring (bicyclic) bond motifs is 1. The highest BCUT2D eigenvalue weighted by atomic mass is 32.1. The van der Waals surface area contributed by atoms with Gasteiger partial charge >= 0.3 is 0 Å². The number of rotatable bonds is 3. The van der Waals surface area contributed by atoms with Gasteiger partial charge in [-0.2, -0.15) is 0 Å². The average molecular weight is 240 g/mol. The minimum atomic E-state index is 0.0462. The summed E-state index contributed by atoms with van der Waals surface area (Å²) in [6.45, 7) is 4.69. The fourth-order valence-electron chi connectivity index (χ4n) is 1.96. The van der Waals surface area contributed by atoms with Gasteiger partial charge in [0.15, 0.2) is 0 Å². The van der Waals surface area contributed by atoms with E-state index in [-0.39, 0.29) is 11.9 Å². The van der Waals surface area contributed by atoms with Crippen LogP contribution in [0.4, 0.5) is 5.00 Å². The Labute approximate surface area is 98.7 Å². The molecule has 0 amide bonds. The Bertz CT molecular complexity index is 414. The predicted molar refractivity (Wildman–Crippen MR) is 66.9 cm³/mol. The number of thiophene rings is 1. The van der Waals surface area contributed by atoms with Gasteiger partial charge in [-0.05, 0) is 5.56 Å². The summed E-state index contributed by atoms with van der Waals surface area (Å²) in [5.41, 5.74) is 7.56. The van der Waals surface area contributed by atoms with E-state index in [4.69, 9.17) is 10.5 Å². The van der Waals surface area contributed by atoms with E-state index in [9.17, 15) is 5.11 Å². The molecular weight excluding hydrogens is 224 g/mol. The van der Waals surface area contributed by atoms with Gasteiger partial charge in [0, 0.05) is 24.9 Å². The maximum atomic E-state index is 9.64. The Balaban J connectivity index is 2.43. The molecule has 2 rings (SSSR count). The first-order valence-electron chi connectivity index (χ1n) is 5.19. The largest absolute Gasteiger partial charge is 0.508 e. The lowest BCUT2D eigenvalue weighted by atomic mass is 10.0. The zero-order valence-corrected chi connectivity index (χ0v) is 10.1. The summed E-state index contributed by atoms with van der Waals surface area (Å²) >= 11 is 1.61. The molecule has 1 aromatic rings. The second-order valence-electron chi connectivity index (χ2n) is 3.78. The third-order valence-corrected chi connectivity index (χ3v) is 3.97. The van der Waals surface area contributed by atoms with Crippen molar-refractivity contribution in [3.63, 3.8) is 0 Å². The van der Waals surface area contributed by atoms with Crippen molar-refractivity contribution in [2.24, 2.45) is 5.73 Å². The van der Waals surface area contributed by atoms with E-state index in [2.05, 4.69) is 11.9 Å². The van der Waals surface area contributed by atoms with Crippen LogP contribution < -0.4 is 11.1 Å². The molecule has 0 bridgehead atoms. The highest BCUT2D eigenvalue weighted by molar-refractivity contribution is 7.16. The van der Waals surface area contributed by atoms with E-state index in [1.165, 1.54) is 0 Å². The minimum Gasteiger partial charge on any atom is -0.508 e. The Morgan fingerprint density at radius 3 is 3.06 bits per heavy atom. The van der Waals surface area contributed by atoms with Gasteiger partial charge in [-0.25, -0.2) is 0 Å². The highest BCUT2D eigenvalue weighted by Gasteiger charge is 2.26. The van der Waals surface area contributed by atoms with Gasteiger partial charge in [-0.3, -0.25) is 0 Å². The summed E-state index contributed by atoms with van der Waals surface area (Å²) in [6.07, 6.45) is 0.795. The maximum Gasteiger partial charge on any atom is 0.118 e. The van der Waals surface area contributed by atoms with Gasteiger partial charge in [0.05, 0.1) is 23.3 Å². The Hall–Kier alpha value is -1.04. The van der Waals surface area contributed by atoms with Crippen LogP contribution in [0.15, 0.2) is 6.58 Å². The molecule has 4 N–H and O–H groups in total. The number of aliphatic hydroxyl groups is 1. The molecule has 1 aliphatic rings. The van der Waals surface area contributed by atoms with E-state index in [1.807, 2.05) is 7.05 Å². The molecule has 1 unspecified atom stereocenters. The molecule has 88 valence electrons. The minimum absolute atomic E-state index is 0.0462. The van der Waals surface area contributed by atoms with E-state index >= 15 is 0 Å². The molecule has 5 heteroatoms. The van der Waals surface area contributed by atoms with E-state index in [1.54, 1.807) is 11.3 Å². The van der Waals surface area contributed by atoms with Gasteiger partial charge in [-0.15, -0.1) is 11.3 Å². The summed E-state index contributed by atoms with van der Waals surface area (Å²) in [5, 5.41) is 13.7. The van der Waals surface area contributed by atoms with Crippen LogP contribution in [0.2, 0.25) is 0 Å². The first-order chi connectivity index (χ1) is 7.67. The van der Waals surface area contributed by atoms with Crippen molar-refractivity contribution in [1.29, 1.82) is 0 Å². The van der Waals surface area contributed by atoms with Crippen molar-refractivity contribution in [2.75, 3.05) is 18.9 Å². The topological polar surface area (TPSA) is 67.5 Å². The zero-order valence-electron chi connectivity index (χ0n) is 9.25. The molecule has 0 spiro atoms. The molecular formula is C11H16N2O2S. The fourth-order valence-corrected chi connectivity index (χ4v) is 3.08. The number of hydrogen-bond acceptors (Lipinski definition) is 5. The van der Waals surface area contributed by atoms with Crippen molar-refractivity contribution >= 4 is 22.1 Å². The molecule has 1 aliphatic heterocycles. The zero-order chi connectivity index (χ0) is 11.7. The molecule has 1 atom stereocenters. The molecule has 0 saturated heterocycles. The van der Waals surface area contributed by atoms with Crippen LogP contribution >= 0.6 is 11.3 Å². The van der Waals surface area contributed by atoms with E-state index in [0.29, 0.717) is 13.2 Å². The normalized spacial score (nSPS) is 19.2. The average Bonchev–Trinajstić information content (AvgIpc) is 2.65. The Kier molecular flexibility index (Phi) is 3.18. The monoisotopic (exact) mass is 240 g/mol. The van der Waals surface area contributed by atoms with E-state index in [0.717, 1.165) is 27.4 Å². The summed E-state index contributed by atoms with van der Waals surface area (Å²) in [6, 6.07) is 0. The molecule has 4 nitrogen and oxygen atoms in total. The summed E-state index contributed by atoms with van der Waals surface area (Å²) in [4.78, 5) is 1.15. The van der Waals surface area contributed by atoms with Crippen LogP contribution in [-0.4, -0.2) is 24.8 Å². The van der Waals surface area contributed by atoms with Gasteiger partial charge < -0.3 is 20.9 Å². The van der Waals surface area contributed by atoms with Crippen LogP contribution in [-0.2, 0) is 17.8 Å². The third-order valence-electron chi connectivity index (χ3n) is 2.75. The highest BCUT2D eigenvalue weighted by Crippen LogP contribution is 2.39. The summed E-state index contributed by atoms with van der Waals surface area (Å²) in [5.74, 6) is 0.111. The second-order valence-corrected chi connectivity index (χ2v) is 4.88. The molecule has 0 fully saturated rings. The lowest BCUT2D eigenvalue weighted by Crippen LogP contribution is -2.29. The maximum absolute atomic E-state index is 9.64. The number of hydrogen-bond donors (Lipinski definition) is 3. The summed E-state index contributed by atoms with van der Waals surface area (Å²) < 4.78 is 5.59. The van der Waals surface area contributed by atoms with Crippen molar-refractivity contribution < 1.29 is 9.84 Å². The predicted octanol–water partition coefficient (Wildman–Crippen LogP) is 1.72. The first-order valence-corrected chi connectivity index (χ1v) is 6.01. The lowest BCUT2D eigenvalue weighted by molar-refractivity contribution is 0.0366. The molecule has 16 heavy (non-hydrogen) atoms. The third kappa shape index (κ3) is 1.81. The molecule has 0 radical (unpaired) electrons. The standard InChI is InChI=1S/C11H16N2O2S/c1-6(14)10-8-3-7(4-12)15-5-9(8)16-11(10)13-2/h7,13-14H,1,3-5,12H2,2H3. The summed E-state index contributed by atoms with van der Waals surface area (Å²) in [7, 11) is 1.84. The SMILES string of the molecule is C=C(O)c1c(NC)sc2c1CC(CN)OC2. The molecule has 2 heterocycles. The molecule has 0 aromatic carbocycles. The van der Waals surface area contributed by atoms with Gasteiger partial charge in [0.1, 0.15) is 5.76 Å². The fraction of sp³-hybridized carbons (Fsp3) is 0.455. The van der Waals surface area contributed by atoms with Crippen molar-refractivity contribution in [3.8, 4) is 0 Å². The number of anilines is 1. The quantitative estimate of drug-likeness (QED) is 0.704. The first kappa shape index (κ1) is 11.4. The number of ether oxygens (including phenoxy) is 1. The molecule has 0 aliphatic carbocycles. The lowest BCUT2D eigenvalue weighted by Gasteiger charge is -2.22. The molecule has 1 aromatic heterocycles. The molecule has 0 saturated carbocycles. The van der Waals surface area contributed by atoms with Crippen LogP contribution in [0, 0.1) is 0 Å². The Morgan fingerprint density at radius 2 is 2.50 bits per heavy atom. The van der Waals surface area contributed by atoms with Crippen molar-refractivity contribution in [2.45, 2.75) is 19.1 Å². The van der Waals surface area contributed by atoms with Crippen molar-refractivity contribution in [1.82, 2.24) is 0 Å². The smallest absolute Gasteiger partial charge is 0.118 e. The van der Waals surface area contributed by atoms with Gasteiger partial charge in [0.2, 0.25) is 0 Å². The van der Waals surface area contributed by atoms with Gasteiger partial charge in [0.25, 0.3) is 0 Å². The number of aliphatic hydroxyl groups excluding tert-OH is 1.